The monoisotopic (exact) mass is 425 g/mol. The average Bonchev–Trinajstić information content (AvgIpc) is 2.85. The maximum atomic E-state index is 12.9. The van der Waals surface area contributed by atoms with Gasteiger partial charge < -0.3 is 9.47 Å². The summed E-state index contributed by atoms with van der Waals surface area (Å²) in [5, 5.41) is 0.576. The molecule has 0 N–H and O–H groups in total. The first kappa shape index (κ1) is 20.4. The van der Waals surface area contributed by atoms with Crippen LogP contribution in [0.1, 0.15) is 11.1 Å². The van der Waals surface area contributed by atoms with E-state index >= 15 is 0 Å². The fourth-order valence-corrected chi connectivity index (χ4v) is 4.23. The second-order valence-electron chi connectivity index (χ2n) is 8.27. The zero-order valence-corrected chi connectivity index (χ0v) is 18.1. The number of hydrogen-bond donors (Lipinski definition) is 0. The van der Waals surface area contributed by atoms with Crippen LogP contribution < -0.4 is 10.5 Å². The van der Waals surface area contributed by atoms with Crippen molar-refractivity contribution in [3.63, 3.8) is 0 Å². The number of benzene rings is 2. The first-order chi connectivity index (χ1) is 15.8. The van der Waals surface area contributed by atoms with Gasteiger partial charge in [-0.3, -0.25) is 9.69 Å². The lowest BCUT2D eigenvalue weighted by atomic mass is 10.1. The minimum Gasteiger partial charge on any atom is -0.338 e. The van der Waals surface area contributed by atoms with Gasteiger partial charge in [0.2, 0.25) is 5.95 Å². The molecule has 0 radical (unpaired) electrons. The minimum atomic E-state index is -0.0299. The largest absolute Gasteiger partial charge is 0.338 e. The molecule has 6 heteroatoms. The summed E-state index contributed by atoms with van der Waals surface area (Å²) in [7, 11) is 0. The van der Waals surface area contributed by atoms with E-state index in [-0.39, 0.29) is 5.56 Å². The summed E-state index contributed by atoms with van der Waals surface area (Å²) < 4.78 is 1.75. The Morgan fingerprint density at radius 2 is 1.50 bits per heavy atom. The fraction of sp³-hybridized carbons (Fsp3) is 0.269. The molecule has 1 fully saturated rings. The molecule has 2 aromatic heterocycles. The molecular formula is C26H27N5O. The van der Waals surface area contributed by atoms with Gasteiger partial charge in [0.25, 0.3) is 5.56 Å². The normalized spacial score (nSPS) is 14.7. The van der Waals surface area contributed by atoms with Gasteiger partial charge in [-0.2, -0.15) is 0 Å². The molecule has 0 saturated carbocycles. The molecule has 162 valence electrons. The number of fused-ring (bicyclic) bond motifs is 1. The first-order valence-corrected chi connectivity index (χ1v) is 11.2. The quantitative estimate of drug-likeness (QED) is 0.474. The SMILES string of the molecule is O=c1c2cnc(N3CCN(Cc4ccccc4)CC3)nc2ccn1CCc1ccccc1. The van der Waals surface area contributed by atoms with Crippen molar-refractivity contribution < 1.29 is 0 Å². The van der Waals surface area contributed by atoms with Crippen molar-refractivity contribution in [2.24, 2.45) is 0 Å². The molecule has 1 aliphatic rings. The van der Waals surface area contributed by atoms with Crippen LogP contribution in [0.3, 0.4) is 0 Å². The first-order valence-electron chi connectivity index (χ1n) is 11.2. The van der Waals surface area contributed by atoms with Gasteiger partial charge in [-0.1, -0.05) is 60.7 Å². The van der Waals surface area contributed by atoms with E-state index in [2.05, 4.69) is 57.2 Å². The zero-order chi connectivity index (χ0) is 21.8. The zero-order valence-electron chi connectivity index (χ0n) is 18.1. The van der Waals surface area contributed by atoms with E-state index in [0.29, 0.717) is 23.4 Å². The van der Waals surface area contributed by atoms with Crippen LogP contribution >= 0.6 is 0 Å². The Bertz CT molecular complexity index is 1230. The number of rotatable bonds is 6. The number of aryl methyl sites for hydroxylation is 2. The third-order valence-corrected chi connectivity index (χ3v) is 6.10. The maximum absolute atomic E-state index is 12.9. The van der Waals surface area contributed by atoms with Crippen LogP contribution in [0.4, 0.5) is 5.95 Å². The van der Waals surface area contributed by atoms with Gasteiger partial charge in [0.15, 0.2) is 0 Å². The average molecular weight is 426 g/mol. The Kier molecular flexibility index (Phi) is 5.94. The summed E-state index contributed by atoms with van der Waals surface area (Å²) in [4.78, 5) is 26.8. The van der Waals surface area contributed by atoms with E-state index in [9.17, 15) is 4.79 Å². The van der Waals surface area contributed by atoms with E-state index in [1.807, 2.05) is 30.5 Å². The molecule has 5 rings (SSSR count). The van der Waals surface area contributed by atoms with Crippen LogP contribution in [0.15, 0.2) is 83.9 Å². The molecule has 6 nitrogen and oxygen atoms in total. The highest BCUT2D eigenvalue weighted by Gasteiger charge is 2.19. The van der Waals surface area contributed by atoms with Gasteiger partial charge in [-0.05, 0) is 23.6 Å². The van der Waals surface area contributed by atoms with Gasteiger partial charge in [0, 0.05) is 51.7 Å². The Morgan fingerprint density at radius 1 is 0.812 bits per heavy atom. The molecule has 32 heavy (non-hydrogen) atoms. The van der Waals surface area contributed by atoms with E-state index in [0.717, 1.165) is 39.1 Å². The van der Waals surface area contributed by atoms with Crippen molar-refractivity contribution >= 4 is 16.9 Å². The second kappa shape index (κ2) is 9.32. The van der Waals surface area contributed by atoms with Gasteiger partial charge >= 0.3 is 0 Å². The summed E-state index contributed by atoms with van der Waals surface area (Å²) in [5.74, 6) is 0.707. The van der Waals surface area contributed by atoms with Crippen molar-refractivity contribution in [1.82, 2.24) is 19.4 Å². The van der Waals surface area contributed by atoms with Gasteiger partial charge in [0.1, 0.15) is 0 Å². The topological polar surface area (TPSA) is 54.3 Å². The number of pyridine rings is 1. The molecular weight excluding hydrogens is 398 g/mol. The van der Waals surface area contributed by atoms with Gasteiger partial charge in [-0.15, -0.1) is 0 Å². The van der Waals surface area contributed by atoms with Gasteiger partial charge in [0.05, 0.1) is 10.9 Å². The van der Waals surface area contributed by atoms with Crippen LogP contribution in [-0.4, -0.2) is 45.6 Å². The predicted molar refractivity (Wildman–Crippen MR) is 128 cm³/mol. The molecule has 3 heterocycles. The highest BCUT2D eigenvalue weighted by atomic mass is 16.1. The number of nitrogens with zero attached hydrogens (tertiary/aromatic N) is 5. The molecule has 0 aliphatic carbocycles. The van der Waals surface area contributed by atoms with E-state index in [1.165, 1.54) is 11.1 Å². The van der Waals surface area contributed by atoms with E-state index in [4.69, 9.17) is 4.98 Å². The lowest BCUT2D eigenvalue weighted by molar-refractivity contribution is 0.249. The summed E-state index contributed by atoms with van der Waals surface area (Å²) >= 11 is 0. The maximum Gasteiger partial charge on any atom is 0.261 e. The number of hydrogen-bond acceptors (Lipinski definition) is 5. The Labute approximate surface area is 187 Å². The molecule has 0 unspecified atom stereocenters. The second-order valence-corrected chi connectivity index (χ2v) is 8.27. The molecule has 0 amide bonds. The van der Waals surface area contributed by atoms with Gasteiger partial charge in [-0.25, -0.2) is 9.97 Å². The van der Waals surface area contributed by atoms with Crippen LogP contribution in [0.2, 0.25) is 0 Å². The van der Waals surface area contributed by atoms with Crippen molar-refractivity contribution in [3.8, 4) is 0 Å². The van der Waals surface area contributed by atoms with Crippen molar-refractivity contribution in [1.29, 1.82) is 0 Å². The molecule has 4 aromatic rings. The summed E-state index contributed by atoms with van der Waals surface area (Å²) in [6.07, 6.45) is 4.36. The Balaban J connectivity index is 1.25. The third-order valence-electron chi connectivity index (χ3n) is 6.10. The summed E-state index contributed by atoms with van der Waals surface area (Å²) in [6.45, 7) is 5.31. The standard InChI is InChI=1S/C26H27N5O/c32-25-23-19-27-26(31-17-15-29(16-18-31)20-22-9-5-2-6-10-22)28-24(23)12-14-30(25)13-11-21-7-3-1-4-8-21/h1-10,12,14,19H,11,13,15-18,20H2. The lowest BCUT2D eigenvalue weighted by Crippen LogP contribution is -2.46. The molecule has 2 aromatic carbocycles. The van der Waals surface area contributed by atoms with Crippen LogP contribution in [-0.2, 0) is 19.5 Å². The minimum absolute atomic E-state index is 0.0299. The molecule has 0 bridgehead atoms. The molecule has 0 atom stereocenters. The lowest BCUT2D eigenvalue weighted by Gasteiger charge is -2.34. The van der Waals surface area contributed by atoms with Crippen molar-refractivity contribution in [2.75, 3.05) is 31.1 Å². The fourth-order valence-electron chi connectivity index (χ4n) is 4.23. The van der Waals surface area contributed by atoms with Crippen LogP contribution in [0.25, 0.3) is 10.9 Å². The highest BCUT2D eigenvalue weighted by molar-refractivity contribution is 5.77. The van der Waals surface area contributed by atoms with Crippen LogP contribution in [0.5, 0.6) is 0 Å². The van der Waals surface area contributed by atoms with E-state index in [1.54, 1.807) is 10.8 Å². The number of piperazine rings is 1. The highest BCUT2D eigenvalue weighted by Crippen LogP contribution is 2.16. The third kappa shape index (κ3) is 4.55. The van der Waals surface area contributed by atoms with Crippen LogP contribution in [0, 0.1) is 0 Å². The molecule has 1 saturated heterocycles. The van der Waals surface area contributed by atoms with Crippen molar-refractivity contribution in [3.05, 3.63) is 101 Å². The number of anilines is 1. The molecule has 1 aliphatic heterocycles. The number of aromatic nitrogens is 3. The summed E-state index contributed by atoms with van der Waals surface area (Å²) in [6, 6.07) is 22.7. The Hall–Kier alpha value is -3.51. The Morgan fingerprint density at radius 3 is 2.22 bits per heavy atom. The smallest absolute Gasteiger partial charge is 0.261 e. The predicted octanol–water partition coefficient (Wildman–Crippen LogP) is 3.36. The summed E-state index contributed by atoms with van der Waals surface area (Å²) in [5.41, 5.74) is 3.24. The van der Waals surface area contributed by atoms with Crippen molar-refractivity contribution in [2.45, 2.75) is 19.5 Å². The van der Waals surface area contributed by atoms with E-state index < -0.39 is 0 Å². The molecule has 0 spiro atoms.